The summed E-state index contributed by atoms with van der Waals surface area (Å²) in [6.07, 6.45) is 3.68. The van der Waals surface area contributed by atoms with Crippen LogP contribution >= 0.6 is 11.6 Å². The van der Waals surface area contributed by atoms with Crippen LogP contribution in [0.5, 0.6) is 0 Å². The zero-order chi connectivity index (χ0) is 19.8. The van der Waals surface area contributed by atoms with Crippen LogP contribution in [0.1, 0.15) is 18.4 Å². The van der Waals surface area contributed by atoms with E-state index in [1.165, 1.54) is 35.0 Å². The van der Waals surface area contributed by atoms with Gasteiger partial charge >= 0.3 is 0 Å². The van der Waals surface area contributed by atoms with Crippen molar-refractivity contribution in [1.29, 1.82) is 0 Å². The molecule has 0 radical (unpaired) electrons. The molecule has 0 unspecified atom stereocenters. The van der Waals surface area contributed by atoms with E-state index in [4.69, 9.17) is 17.3 Å². The Morgan fingerprint density at radius 3 is 2.89 bits per heavy atom. The van der Waals surface area contributed by atoms with Crippen molar-refractivity contribution in [3.8, 4) is 0 Å². The van der Waals surface area contributed by atoms with Gasteiger partial charge in [0.15, 0.2) is 5.65 Å². The zero-order valence-corrected chi connectivity index (χ0v) is 15.1. The lowest BCUT2D eigenvalue weighted by atomic mass is 10.0. The number of nitrogens with zero attached hydrogens (tertiary/aromatic N) is 3. The van der Waals surface area contributed by atoms with Crippen LogP contribution in [0.3, 0.4) is 0 Å². The van der Waals surface area contributed by atoms with Gasteiger partial charge in [0.25, 0.3) is 5.91 Å². The van der Waals surface area contributed by atoms with Crippen molar-refractivity contribution < 1.29 is 14.0 Å². The number of nitrogens with two attached hydrogens (primary N) is 1. The third kappa shape index (κ3) is 3.39. The predicted molar refractivity (Wildman–Crippen MR) is 102 cm³/mol. The standard InChI is InChI=1S/C18H14ClFN6O2/c19-11-2-3-12(20)13(6-11)23-15-7-14(21)26-17(24-15)10(8-22-26)5-9-1-4-16(27)25-18(9)28/h2-3,5-8H,1,4,21H2,(H,23,24)(H,25,27,28). The molecule has 1 aliphatic heterocycles. The van der Waals surface area contributed by atoms with E-state index in [2.05, 4.69) is 20.7 Å². The number of aromatic nitrogens is 3. The number of fused-ring (bicyclic) bond motifs is 1. The normalized spacial score (nSPS) is 15.9. The summed E-state index contributed by atoms with van der Waals surface area (Å²) in [6.45, 7) is 0. The minimum absolute atomic E-state index is 0.147. The Morgan fingerprint density at radius 2 is 2.11 bits per heavy atom. The van der Waals surface area contributed by atoms with E-state index in [1.54, 1.807) is 6.08 Å². The molecule has 4 rings (SSSR count). The molecule has 1 fully saturated rings. The number of hydrogen-bond donors (Lipinski definition) is 3. The lowest BCUT2D eigenvalue weighted by molar-refractivity contribution is -0.130. The first kappa shape index (κ1) is 17.9. The lowest BCUT2D eigenvalue weighted by Crippen LogP contribution is -2.35. The SMILES string of the molecule is Nc1cc(Nc2cc(Cl)ccc2F)nc2c(C=C3CCC(=O)NC3=O)cnn12. The fourth-order valence-electron chi connectivity index (χ4n) is 2.86. The number of imide groups is 1. The number of nitrogens with one attached hydrogen (secondary N) is 2. The van der Waals surface area contributed by atoms with Crippen molar-refractivity contribution in [1.82, 2.24) is 19.9 Å². The Balaban J connectivity index is 1.73. The Labute approximate surface area is 163 Å². The summed E-state index contributed by atoms with van der Waals surface area (Å²) in [5.41, 5.74) is 7.53. The van der Waals surface area contributed by atoms with Crippen molar-refractivity contribution >= 4 is 52.5 Å². The molecule has 1 aliphatic rings. The van der Waals surface area contributed by atoms with Gasteiger partial charge in [-0.15, -0.1) is 0 Å². The molecule has 0 saturated carbocycles. The van der Waals surface area contributed by atoms with Crippen LogP contribution in [0.15, 0.2) is 36.0 Å². The van der Waals surface area contributed by atoms with Gasteiger partial charge in [-0.1, -0.05) is 11.6 Å². The number of nitrogen functional groups attached to an aromatic ring is 1. The van der Waals surface area contributed by atoms with Crippen LogP contribution in [0.25, 0.3) is 11.7 Å². The van der Waals surface area contributed by atoms with Crippen molar-refractivity contribution in [2.75, 3.05) is 11.1 Å². The monoisotopic (exact) mass is 400 g/mol. The number of anilines is 3. The van der Waals surface area contributed by atoms with E-state index in [0.717, 1.165) is 0 Å². The van der Waals surface area contributed by atoms with Gasteiger partial charge in [-0.25, -0.2) is 9.37 Å². The summed E-state index contributed by atoms with van der Waals surface area (Å²) in [6, 6.07) is 5.61. The molecule has 142 valence electrons. The van der Waals surface area contributed by atoms with Crippen molar-refractivity contribution in [2.24, 2.45) is 0 Å². The molecule has 0 atom stereocenters. The van der Waals surface area contributed by atoms with Gasteiger partial charge in [-0.2, -0.15) is 9.61 Å². The number of halogens is 2. The van der Waals surface area contributed by atoms with Crippen LogP contribution in [0.2, 0.25) is 5.02 Å². The highest BCUT2D eigenvalue weighted by molar-refractivity contribution is 6.30. The second-order valence-corrected chi connectivity index (χ2v) is 6.63. The van der Waals surface area contributed by atoms with Crippen molar-refractivity contribution in [2.45, 2.75) is 12.8 Å². The molecule has 3 heterocycles. The molecular formula is C18H14ClFN6O2. The van der Waals surface area contributed by atoms with Gasteiger partial charge in [-0.05, 0) is 30.7 Å². The Kier molecular flexibility index (Phi) is 4.44. The minimum Gasteiger partial charge on any atom is -0.383 e. The maximum absolute atomic E-state index is 14.0. The first-order chi connectivity index (χ1) is 13.4. The van der Waals surface area contributed by atoms with Crippen LogP contribution in [-0.2, 0) is 9.59 Å². The summed E-state index contributed by atoms with van der Waals surface area (Å²) in [4.78, 5) is 27.7. The molecule has 2 amide bonds. The van der Waals surface area contributed by atoms with E-state index < -0.39 is 11.7 Å². The number of amides is 2. The number of benzene rings is 1. The van der Waals surface area contributed by atoms with Crippen molar-refractivity contribution in [3.63, 3.8) is 0 Å². The van der Waals surface area contributed by atoms with Crippen molar-refractivity contribution in [3.05, 3.63) is 52.4 Å². The Bertz CT molecular complexity index is 1160. The Morgan fingerprint density at radius 1 is 1.29 bits per heavy atom. The number of carbonyl (C=O) groups excluding carboxylic acids is 2. The van der Waals surface area contributed by atoms with E-state index in [0.29, 0.717) is 28.2 Å². The largest absolute Gasteiger partial charge is 0.383 e. The maximum Gasteiger partial charge on any atom is 0.253 e. The third-order valence-corrected chi connectivity index (χ3v) is 4.45. The molecular weight excluding hydrogens is 387 g/mol. The highest BCUT2D eigenvalue weighted by Crippen LogP contribution is 2.26. The molecule has 0 spiro atoms. The van der Waals surface area contributed by atoms with E-state index in [9.17, 15) is 14.0 Å². The summed E-state index contributed by atoms with van der Waals surface area (Å²) < 4.78 is 15.4. The molecule has 4 N–H and O–H groups in total. The molecule has 8 nitrogen and oxygen atoms in total. The average Bonchev–Trinajstić information content (AvgIpc) is 3.04. The van der Waals surface area contributed by atoms with Gasteiger partial charge in [0.2, 0.25) is 5.91 Å². The van der Waals surface area contributed by atoms with Crippen LogP contribution in [0, 0.1) is 5.82 Å². The third-order valence-electron chi connectivity index (χ3n) is 4.21. The molecule has 1 saturated heterocycles. The van der Waals surface area contributed by atoms with E-state index >= 15 is 0 Å². The van der Waals surface area contributed by atoms with Gasteiger partial charge in [0, 0.05) is 28.6 Å². The molecule has 0 aliphatic carbocycles. The zero-order valence-electron chi connectivity index (χ0n) is 14.4. The van der Waals surface area contributed by atoms with Gasteiger partial charge in [0.1, 0.15) is 17.5 Å². The highest BCUT2D eigenvalue weighted by Gasteiger charge is 2.21. The van der Waals surface area contributed by atoms with Gasteiger partial charge < -0.3 is 11.1 Å². The highest BCUT2D eigenvalue weighted by atomic mass is 35.5. The summed E-state index contributed by atoms with van der Waals surface area (Å²) in [5.74, 6) is -0.695. The second-order valence-electron chi connectivity index (χ2n) is 6.20. The van der Waals surface area contributed by atoms with E-state index in [-0.39, 0.29) is 29.7 Å². The number of carbonyl (C=O) groups is 2. The Hall–Kier alpha value is -3.46. The molecule has 10 heteroatoms. The molecule has 2 aromatic heterocycles. The molecule has 3 aromatic rings. The van der Waals surface area contributed by atoms with Gasteiger partial charge in [0.05, 0.1) is 11.9 Å². The van der Waals surface area contributed by atoms with Crippen LogP contribution < -0.4 is 16.4 Å². The molecule has 28 heavy (non-hydrogen) atoms. The minimum atomic E-state index is -0.496. The van der Waals surface area contributed by atoms with Gasteiger partial charge in [-0.3, -0.25) is 14.9 Å². The summed E-state index contributed by atoms with van der Waals surface area (Å²) >= 11 is 5.91. The number of rotatable bonds is 3. The topological polar surface area (TPSA) is 114 Å². The number of hydrogen-bond acceptors (Lipinski definition) is 6. The molecule has 0 bridgehead atoms. The van der Waals surface area contributed by atoms with Crippen LogP contribution in [0.4, 0.5) is 21.7 Å². The molecule has 1 aromatic carbocycles. The maximum atomic E-state index is 14.0. The average molecular weight is 401 g/mol. The van der Waals surface area contributed by atoms with Crippen LogP contribution in [-0.4, -0.2) is 26.4 Å². The quantitative estimate of drug-likeness (QED) is 0.460. The summed E-state index contributed by atoms with van der Waals surface area (Å²) in [7, 11) is 0. The first-order valence-corrected chi connectivity index (χ1v) is 8.69. The predicted octanol–water partition coefficient (Wildman–Crippen LogP) is 2.67. The first-order valence-electron chi connectivity index (χ1n) is 8.32. The summed E-state index contributed by atoms with van der Waals surface area (Å²) in [5, 5.41) is 9.65. The number of piperidine rings is 1. The van der Waals surface area contributed by atoms with E-state index in [1.807, 2.05) is 0 Å². The lowest BCUT2D eigenvalue weighted by Gasteiger charge is -2.13. The fraction of sp³-hybridized carbons (Fsp3) is 0.111. The second kappa shape index (κ2) is 6.93. The fourth-order valence-corrected chi connectivity index (χ4v) is 3.03. The smallest absolute Gasteiger partial charge is 0.253 e.